The molecule has 3 N–H and O–H groups in total. The zero-order chi connectivity index (χ0) is 21.0. The molecule has 2 aromatic carbocycles. The van der Waals surface area contributed by atoms with E-state index in [9.17, 15) is 5.11 Å². The normalized spacial score (nSPS) is 16.3. The smallest absolute Gasteiger partial charge is 0.191 e. The molecule has 1 aliphatic rings. The van der Waals surface area contributed by atoms with E-state index in [-0.39, 0.29) is 0 Å². The van der Waals surface area contributed by atoms with E-state index in [1.54, 1.807) is 0 Å². The zero-order valence-corrected chi connectivity index (χ0v) is 17.9. The molecule has 30 heavy (non-hydrogen) atoms. The summed E-state index contributed by atoms with van der Waals surface area (Å²) < 4.78 is 5.46. The minimum atomic E-state index is -0.468. The van der Waals surface area contributed by atoms with Gasteiger partial charge in [0, 0.05) is 39.1 Å². The Morgan fingerprint density at radius 3 is 2.47 bits per heavy atom. The van der Waals surface area contributed by atoms with Gasteiger partial charge in [-0.25, -0.2) is 4.99 Å². The number of hydrogen-bond acceptors (Lipinski definition) is 4. The van der Waals surface area contributed by atoms with Crippen LogP contribution in [0.25, 0.3) is 0 Å². The van der Waals surface area contributed by atoms with E-state index >= 15 is 0 Å². The third-order valence-corrected chi connectivity index (χ3v) is 5.19. The molecule has 0 bridgehead atoms. The summed E-state index contributed by atoms with van der Waals surface area (Å²) in [6.07, 6.45) is 0.153. The van der Waals surface area contributed by atoms with E-state index in [2.05, 4.69) is 39.8 Å². The largest absolute Gasteiger partial charge is 0.391 e. The van der Waals surface area contributed by atoms with Crippen molar-refractivity contribution >= 4 is 5.96 Å². The van der Waals surface area contributed by atoms with Crippen molar-refractivity contribution < 1.29 is 9.84 Å². The standard InChI is InChI=1S/C24H34N4O2/c1-2-25-24(27-18-23(29)16-20-8-4-3-5-9-20)26-17-21-10-6-7-11-22(21)19-28-12-14-30-15-13-28/h3-11,23,29H,2,12-19H2,1H3,(H2,25,26,27). The molecule has 0 aliphatic carbocycles. The predicted molar refractivity (Wildman–Crippen MR) is 122 cm³/mol. The number of rotatable bonds is 9. The van der Waals surface area contributed by atoms with Gasteiger partial charge in [0.25, 0.3) is 0 Å². The Morgan fingerprint density at radius 1 is 1.03 bits per heavy atom. The second kappa shape index (κ2) is 12.3. The summed E-state index contributed by atoms with van der Waals surface area (Å²) in [5.41, 5.74) is 3.67. The average Bonchev–Trinajstić information content (AvgIpc) is 2.78. The van der Waals surface area contributed by atoms with E-state index < -0.39 is 6.10 Å². The van der Waals surface area contributed by atoms with Crippen molar-refractivity contribution in [2.24, 2.45) is 4.99 Å². The number of benzene rings is 2. The highest BCUT2D eigenvalue weighted by Crippen LogP contribution is 2.14. The maximum Gasteiger partial charge on any atom is 0.191 e. The first-order valence-corrected chi connectivity index (χ1v) is 10.9. The maximum absolute atomic E-state index is 10.4. The van der Waals surface area contributed by atoms with Gasteiger partial charge >= 0.3 is 0 Å². The van der Waals surface area contributed by atoms with Gasteiger partial charge in [-0.05, 0) is 23.6 Å². The van der Waals surface area contributed by atoms with Crippen molar-refractivity contribution in [2.75, 3.05) is 39.4 Å². The minimum Gasteiger partial charge on any atom is -0.391 e. The van der Waals surface area contributed by atoms with Crippen LogP contribution >= 0.6 is 0 Å². The van der Waals surface area contributed by atoms with E-state index in [4.69, 9.17) is 9.73 Å². The van der Waals surface area contributed by atoms with Crippen molar-refractivity contribution in [3.05, 3.63) is 71.3 Å². The molecular weight excluding hydrogens is 376 g/mol. The van der Waals surface area contributed by atoms with Gasteiger partial charge in [0.2, 0.25) is 0 Å². The molecule has 0 radical (unpaired) electrons. The van der Waals surface area contributed by atoms with Gasteiger partial charge in [0.15, 0.2) is 5.96 Å². The Morgan fingerprint density at radius 2 is 1.73 bits per heavy atom. The summed E-state index contributed by atoms with van der Waals surface area (Å²) in [5, 5.41) is 16.9. The fourth-order valence-electron chi connectivity index (χ4n) is 3.54. The molecule has 0 spiro atoms. The third-order valence-electron chi connectivity index (χ3n) is 5.19. The summed E-state index contributed by atoms with van der Waals surface area (Å²) in [5.74, 6) is 0.728. The summed E-state index contributed by atoms with van der Waals surface area (Å²) in [4.78, 5) is 7.18. The lowest BCUT2D eigenvalue weighted by atomic mass is 10.1. The second-order valence-corrected chi connectivity index (χ2v) is 7.58. The first-order valence-electron chi connectivity index (χ1n) is 10.9. The van der Waals surface area contributed by atoms with Gasteiger partial charge in [-0.15, -0.1) is 0 Å². The fraction of sp³-hybridized carbons (Fsp3) is 0.458. The summed E-state index contributed by atoms with van der Waals surface area (Å²) in [6, 6.07) is 18.5. The molecule has 1 fully saturated rings. The van der Waals surface area contributed by atoms with Gasteiger partial charge < -0.3 is 20.5 Å². The van der Waals surface area contributed by atoms with Crippen LogP contribution in [0.3, 0.4) is 0 Å². The van der Waals surface area contributed by atoms with Crippen LogP contribution in [-0.4, -0.2) is 61.5 Å². The Kier molecular flexibility index (Phi) is 9.15. The van der Waals surface area contributed by atoms with Crippen molar-refractivity contribution in [1.82, 2.24) is 15.5 Å². The number of aliphatic hydroxyl groups is 1. The van der Waals surface area contributed by atoms with Crippen LogP contribution in [0.15, 0.2) is 59.6 Å². The molecule has 3 rings (SSSR count). The number of aliphatic imine (C=N–C) groups is 1. The lowest BCUT2D eigenvalue weighted by Crippen LogP contribution is -2.41. The molecule has 1 unspecified atom stereocenters. The first kappa shape index (κ1) is 22.3. The predicted octanol–water partition coefficient (Wildman–Crippen LogP) is 2.18. The second-order valence-electron chi connectivity index (χ2n) is 7.58. The number of hydrogen-bond donors (Lipinski definition) is 3. The quantitative estimate of drug-likeness (QED) is 0.437. The average molecular weight is 411 g/mol. The molecule has 6 nitrogen and oxygen atoms in total. The molecule has 0 saturated carbocycles. The van der Waals surface area contributed by atoms with Gasteiger partial charge in [-0.3, -0.25) is 4.90 Å². The Labute approximate surface area is 180 Å². The molecule has 0 amide bonds. The Hall–Kier alpha value is -2.41. The number of ether oxygens (including phenoxy) is 1. The number of guanidine groups is 1. The van der Waals surface area contributed by atoms with Crippen LogP contribution in [0.1, 0.15) is 23.6 Å². The topological polar surface area (TPSA) is 69.1 Å². The summed E-state index contributed by atoms with van der Waals surface area (Å²) >= 11 is 0. The van der Waals surface area contributed by atoms with Crippen LogP contribution in [0.5, 0.6) is 0 Å². The Balaban J connectivity index is 1.56. The molecule has 2 aromatic rings. The molecule has 0 aromatic heterocycles. The van der Waals surface area contributed by atoms with Crippen molar-refractivity contribution in [3.63, 3.8) is 0 Å². The highest BCUT2D eigenvalue weighted by atomic mass is 16.5. The van der Waals surface area contributed by atoms with Crippen LogP contribution in [0.2, 0.25) is 0 Å². The fourth-order valence-corrected chi connectivity index (χ4v) is 3.54. The molecular formula is C24H34N4O2. The van der Waals surface area contributed by atoms with E-state index in [1.807, 2.05) is 37.3 Å². The lowest BCUT2D eigenvalue weighted by molar-refractivity contribution is 0.0341. The van der Waals surface area contributed by atoms with Gasteiger partial charge in [-0.1, -0.05) is 54.6 Å². The van der Waals surface area contributed by atoms with Crippen molar-refractivity contribution in [3.8, 4) is 0 Å². The maximum atomic E-state index is 10.4. The van der Waals surface area contributed by atoms with Crippen LogP contribution in [-0.2, 0) is 24.2 Å². The van der Waals surface area contributed by atoms with E-state index in [0.717, 1.165) is 50.9 Å². The van der Waals surface area contributed by atoms with Gasteiger partial charge in [-0.2, -0.15) is 0 Å². The van der Waals surface area contributed by atoms with E-state index in [1.165, 1.54) is 11.1 Å². The van der Waals surface area contributed by atoms with Gasteiger partial charge in [0.1, 0.15) is 0 Å². The summed E-state index contributed by atoms with van der Waals surface area (Å²) in [7, 11) is 0. The lowest BCUT2D eigenvalue weighted by Gasteiger charge is -2.27. The number of aliphatic hydroxyl groups excluding tert-OH is 1. The highest BCUT2D eigenvalue weighted by molar-refractivity contribution is 5.79. The molecule has 1 aliphatic heterocycles. The highest BCUT2D eigenvalue weighted by Gasteiger charge is 2.13. The third kappa shape index (κ3) is 7.44. The SMILES string of the molecule is CCNC(=NCc1ccccc1CN1CCOCC1)NCC(O)Cc1ccccc1. The van der Waals surface area contributed by atoms with Crippen molar-refractivity contribution in [1.29, 1.82) is 0 Å². The minimum absolute atomic E-state index is 0.455. The monoisotopic (exact) mass is 410 g/mol. The first-order chi connectivity index (χ1) is 14.7. The summed E-state index contributed by atoms with van der Waals surface area (Å²) in [6.45, 7) is 8.36. The molecule has 1 saturated heterocycles. The molecule has 6 heteroatoms. The zero-order valence-electron chi connectivity index (χ0n) is 17.9. The number of nitrogens with zero attached hydrogens (tertiary/aromatic N) is 2. The van der Waals surface area contributed by atoms with E-state index in [0.29, 0.717) is 19.5 Å². The molecule has 162 valence electrons. The number of nitrogens with one attached hydrogen (secondary N) is 2. The Bertz CT molecular complexity index is 776. The van der Waals surface area contributed by atoms with Crippen molar-refractivity contribution in [2.45, 2.75) is 32.5 Å². The van der Waals surface area contributed by atoms with Crippen LogP contribution < -0.4 is 10.6 Å². The van der Waals surface area contributed by atoms with Crippen LogP contribution in [0.4, 0.5) is 0 Å². The van der Waals surface area contributed by atoms with Gasteiger partial charge in [0.05, 0.1) is 25.9 Å². The molecule has 1 heterocycles. The molecule has 1 atom stereocenters. The van der Waals surface area contributed by atoms with Crippen LogP contribution in [0, 0.1) is 0 Å². The number of morpholine rings is 1.